The van der Waals surface area contributed by atoms with Crippen LogP contribution >= 0.6 is 11.8 Å². The van der Waals surface area contributed by atoms with Gasteiger partial charge in [-0.05, 0) is 42.0 Å². The summed E-state index contributed by atoms with van der Waals surface area (Å²) in [5, 5.41) is 1.27. The summed E-state index contributed by atoms with van der Waals surface area (Å²) in [6.07, 6.45) is 14.1. The SMILES string of the molecule is CCCCCCCCCCCCSc1ccc(-c2cc3ccccc3[nH]2)cc1. The topological polar surface area (TPSA) is 15.8 Å². The summed E-state index contributed by atoms with van der Waals surface area (Å²) in [6.45, 7) is 2.29. The molecule has 2 aromatic carbocycles. The average Bonchev–Trinajstić information content (AvgIpc) is 3.17. The predicted molar refractivity (Wildman–Crippen MR) is 126 cm³/mol. The lowest BCUT2D eigenvalue weighted by Gasteiger charge is -2.04. The van der Waals surface area contributed by atoms with Crippen molar-refractivity contribution in [3.8, 4) is 11.3 Å². The van der Waals surface area contributed by atoms with Crippen LogP contribution in [0.15, 0.2) is 59.5 Å². The lowest BCUT2D eigenvalue weighted by Crippen LogP contribution is -1.84. The van der Waals surface area contributed by atoms with Crippen molar-refractivity contribution in [2.24, 2.45) is 0 Å². The number of nitrogens with one attached hydrogen (secondary N) is 1. The van der Waals surface area contributed by atoms with Crippen molar-refractivity contribution in [3.63, 3.8) is 0 Å². The molecular formula is C26H35NS. The molecule has 1 aromatic heterocycles. The first-order valence-electron chi connectivity index (χ1n) is 11.2. The highest BCUT2D eigenvalue weighted by Gasteiger charge is 2.03. The van der Waals surface area contributed by atoms with E-state index in [1.54, 1.807) is 0 Å². The molecule has 0 atom stereocenters. The number of aromatic nitrogens is 1. The first-order valence-corrected chi connectivity index (χ1v) is 12.2. The summed E-state index contributed by atoms with van der Waals surface area (Å²) >= 11 is 2.00. The minimum absolute atomic E-state index is 1.20. The van der Waals surface area contributed by atoms with E-state index in [0.29, 0.717) is 0 Å². The maximum atomic E-state index is 3.52. The van der Waals surface area contributed by atoms with Crippen LogP contribution in [0, 0.1) is 0 Å². The third-order valence-corrected chi connectivity index (χ3v) is 6.56. The molecule has 0 bridgehead atoms. The number of benzene rings is 2. The average molecular weight is 394 g/mol. The van der Waals surface area contributed by atoms with Crippen LogP contribution in [0.1, 0.15) is 71.1 Å². The molecule has 1 heterocycles. The molecule has 0 saturated heterocycles. The Hall–Kier alpha value is -1.67. The van der Waals surface area contributed by atoms with Gasteiger partial charge in [-0.1, -0.05) is 95.0 Å². The van der Waals surface area contributed by atoms with E-state index in [9.17, 15) is 0 Å². The molecule has 0 aliphatic heterocycles. The van der Waals surface area contributed by atoms with Gasteiger partial charge in [-0.15, -0.1) is 11.8 Å². The largest absolute Gasteiger partial charge is 0.355 e. The van der Waals surface area contributed by atoms with Crippen LogP contribution in [0.4, 0.5) is 0 Å². The van der Waals surface area contributed by atoms with Crippen LogP contribution in [-0.4, -0.2) is 10.7 Å². The molecule has 0 amide bonds. The van der Waals surface area contributed by atoms with Crippen molar-refractivity contribution in [1.82, 2.24) is 4.98 Å². The van der Waals surface area contributed by atoms with Crippen molar-refractivity contribution in [2.75, 3.05) is 5.75 Å². The standard InChI is InChI=1S/C26H35NS/c1-2-3-4-5-6-7-8-9-10-13-20-28-24-18-16-22(17-19-24)26-21-23-14-11-12-15-25(23)27-26/h11-12,14-19,21,27H,2-10,13,20H2,1H3. The molecule has 3 rings (SSSR count). The highest BCUT2D eigenvalue weighted by Crippen LogP contribution is 2.27. The number of hydrogen-bond acceptors (Lipinski definition) is 1. The number of rotatable bonds is 13. The number of fused-ring (bicyclic) bond motifs is 1. The van der Waals surface area contributed by atoms with Gasteiger partial charge in [-0.3, -0.25) is 0 Å². The number of H-pyrrole nitrogens is 1. The molecule has 0 aliphatic rings. The predicted octanol–water partition coefficient (Wildman–Crippen LogP) is 8.85. The first kappa shape index (κ1) is 21.0. The van der Waals surface area contributed by atoms with Crippen LogP contribution in [0.3, 0.4) is 0 Å². The summed E-state index contributed by atoms with van der Waals surface area (Å²) < 4.78 is 0. The van der Waals surface area contributed by atoms with Gasteiger partial charge in [0.15, 0.2) is 0 Å². The zero-order valence-corrected chi connectivity index (χ0v) is 18.2. The second-order valence-electron chi connectivity index (χ2n) is 7.83. The van der Waals surface area contributed by atoms with E-state index in [4.69, 9.17) is 0 Å². The van der Waals surface area contributed by atoms with Gasteiger partial charge in [0.25, 0.3) is 0 Å². The van der Waals surface area contributed by atoms with Gasteiger partial charge in [0.2, 0.25) is 0 Å². The maximum Gasteiger partial charge on any atom is 0.0464 e. The number of para-hydroxylation sites is 1. The number of thioether (sulfide) groups is 1. The smallest absolute Gasteiger partial charge is 0.0464 e. The Bertz CT molecular complexity index is 770. The fraction of sp³-hybridized carbons (Fsp3) is 0.462. The van der Waals surface area contributed by atoms with Crippen LogP contribution in [0.5, 0.6) is 0 Å². The van der Waals surface area contributed by atoms with Crippen molar-refractivity contribution in [3.05, 3.63) is 54.6 Å². The number of hydrogen-bond donors (Lipinski definition) is 1. The Kier molecular flexibility index (Phi) is 9.03. The summed E-state index contributed by atoms with van der Waals surface area (Å²) in [5.41, 5.74) is 3.67. The van der Waals surface area contributed by atoms with Gasteiger partial charge in [-0.2, -0.15) is 0 Å². The molecule has 3 aromatic rings. The van der Waals surface area contributed by atoms with Crippen molar-refractivity contribution >= 4 is 22.7 Å². The monoisotopic (exact) mass is 393 g/mol. The van der Waals surface area contributed by atoms with Crippen molar-refractivity contribution in [2.45, 2.75) is 76.0 Å². The summed E-state index contributed by atoms with van der Waals surface area (Å²) in [5.74, 6) is 1.24. The van der Waals surface area contributed by atoms with E-state index in [0.717, 1.165) is 0 Å². The van der Waals surface area contributed by atoms with E-state index in [2.05, 4.69) is 66.5 Å². The second kappa shape index (κ2) is 12.0. The van der Waals surface area contributed by atoms with E-state index in [1.807, 2.05) is 11.8 Å². The molecule has 1 nitrogen and oxygen atoms in total. The number of unbranched alkanes of at least 4 members (excludes halogenated alkanes) is 9. The lowest BCUT2D eigenvalue weighted by molar-refractivity contribution is 0.563. The van der Waals surface area contributed by atoms with Gasteiger partial charge < -0.3 is 4.98 Å². The van der Waals surface area contributed by atoms with Gasteiger partial charge in [-0.25, -0.2) is 0 Å². The van der Waals surface area contributed by atoms with E-state index >= 15 is 0 Å². The quantitative estimate of drug-likeness (QED) is 0.226. The van der Waals surface area contributed by atoms with Gasteiger partial charge >= 0.3 is 0 Å². The summed E-state index contributed by atoms with van der Waals surface area (Å²) in [4.78, 5) is 4.90. The Labute approximate surface area is 175 Å². The molecule has 0 radical (unpaired) electrons. The van der Waals surface area contributed by atoms with Gasteiger partial charge in [0.05, 0.1) is 0 Å². The third-order valence-electron chi connectivity index (χ3n) is 5.46. The summed E-state index contributed by atoms with van der Waals surface area (Å²) in [6, 6.07) is 19.7. The molecule has 28 heavy (non-hydrogen) atoms. The van der Waals surface area contributed by atoms with Gasteiger partial charge in [0, 0.05) is 21.5 Å². The fourth-order valence-corrected chi connectivity index (χ4v) is 4.65. The summed E-state index contributed by atoms with van der Waals surface area (Å²) in [7, 11) is 0. The number of aromatic amines is 1. The third kappa shape index (κ3) is 6.74. The van der Waals surface area contributed by atoms with Gasteiger partial charge in [0.1, 0.15) is 0 Å². The van der Waals surface area contributed by atoms with Crippen LogP contribution in [0.2, 0.25) is 0 Å². The zero-order chi connectivity index (χ0) is 19.4. The molecule has 150 valence electrons. The second-order valence-corrected chi connectivity index (χ2v) is 8.99. The minimum Gasteiger partial charge on any atom is -0.355 e. The highest BCUT2D eigenvalue weighted by molar-refractivity contribution is 7.99. The normalized spacial score (nSPS) is 11.3. The molecule has 0 unspecified atom stereocenters. The van der Waals surface area contributed by atoms with E-state index < -0.39 is 0 Å². The zero-order valence-electron chi connectivity index (χ0n) is 17.4. The molecule has 1 N–H and O–H groups in total. The Morgan fingerprint density at radius 3 is 2.04 bits per heavy atom. The lowest BCUT2D eigenvalue weighted by atomic mass is 10.1. The van der Waals surface area contributed by atoms with Crippen molar-refractivity contribution < 1.29 is 0 Å². The Morgan fingerprint density at radius 1 is 0.714 bits per heavy atom. The molecule has 0 saturated carbocycles. The van der Waals surface area contributed by atoms with E-state index in [-0.39, 0.29) is 0 Å². The first-order chi connectivity index (χ1) is 13.9. The Balaban J connectivity index is 1.31. The molecule has 0 fully saturated rings. The Morgan fingerprint density at radius 2 is 1.36 bits per heavy atom. The van der Waals surface area contributed by atoms with Crippen molar-refractivity contribution in [1.29, 1.82) is 0 Å². The van der Waals surface area contributed by atoms with Crippen LogP contribution in [-0.2, 0) is 0 Å². The maximum absolute atomic E-state index is 3.52. The molecule has 0 spiro atoms. The van der Waals surface area contributed by atoms with E-state index in [1.165, 1.54) is 97.0 Å². The van der Waals surface area contributed by atoms with Crippen LogP contribution < -0.4 is 0 Å². The highest BCUT2D eigenvalue weighted by atomic mass is 32.2. The van der Waals surface area contributed by atoms with Crippen LogP contribution in [0.25, 0.3) is 22.2 Å². The molecule has 2 heteroatoms. The minimum atomic E-state index is 1.20. The molecular weight excluding hydrogens is 358 g/mol. The fourth-order valence-electron chi connectivity index (χ4n) is 3.74. The molecule has 0 aliphatic carbocycles.